The van der Waals surface area contributed by atoms with Gasteiger partial charge >= 0.3 is 0 Å². The van der Waals surface area contributed by atoms with E-state index in [0.717, 1.165) is 18.4 Å². The fraction of sp³-hybridized carbons (Fsp3) is 0.350. The molecule has 0 unspecified atom stereocenters. The molecule has 3 heteroatoms. The predicted octanol–water partition coefficient (Wildman–Crippen LogP) is 3.71. The van der Waals surface area contributed by atoms with Crippen molar-refractivity contribution < 1.29 is 4.79 Å². The third kappa shape index (κ3) is 3.55. The van der Waals surface area contributed by atoms with Crippen molar-refractivity contribution in [1.82, 2.24) is 5.32 Å². The van der Waals surface area contributed by atoms with E-state index in [9.17, 15) is 4.79 Å². The number of anilines is 1. The summed E-state index contributed by atoms with van der Waals surface area (Å²) in [5, 5.41) is 3.11. The Bertz CT molecular complexity index is 668. The number of amides is 1. The third-order valence-electron chi connectivity index (χ3n) is 4.66. The second kappa shape index (κ2) is 6.86. The lowest BCUT2D eigenvalue weighted by Gasteiger charge is -2.36. The molecule has 0 saturated carbocycles. The number of carbonyl (C=O) groups is 1. The van der Waals surface area contributed by atoms with E-state index >= 15 is 0 Å². The molecule has 23 heavy (non-hydrogen) atoms. The summed E-state index contributed by atoms with van der Waals surface area (Å²) >= 11 is 0. The minimum absolute atomic E-state index is 0.0269. The molecule has 1 amide bonds. The van der Waals surface area contributed by atoms with Gasteiger partial charge in [0.1, 0.15) is 0 Å². The van der Waals surface area contributed by atoms with Crippen LogP contribution in [0.25, 0.3) is 0 Å². The monoisotopic (exact) mass is 308 g/mol. The molecule has 1 heterocycles. The highest BCUT2D eigenvalue weighted by Gasteiger charge is 2.24. The summed E-state index contributed by atoms with van der Waals surface area (Å²) < 4.78 is 0. The summed E-state index contributed by atoms with van der Waals surface area (Å²) in [7, 11) is 0. The quantitative estimate of drug-likeness (QED) is 0.934. The number of nitrogens with one attached hydrogen (secondary N) is 1. The molecule has 120 valence electrons. The van der Waals surface area contributed by atoms with E-state index in [1.807, 2.05) is 43.3 Å². The van der Waals surface area contributed by atoms with Crippen LogP contribution in [0.5, 0.6) is 0 Å². The van der Waals surface area contributed by atoms with Gasteiger partial charge < -0.3 is 10.2 Å². The zero-order chi connectivity index (χ0) is 16.2. The van der Waals surface area contributed by atoms with Crippen LogP contribution in [0.15, 0.2) is 54.6 Å². The van der Waals surface area contributed by atoms with Crippen molar-refractivity contribution >= 4 is 11.6 Å². The molecule has 3 nitrogen and oxygen atoms in total. The van der Waals surface area contributed by atoms with E-state index < -0.39 is 0 Å². The van der Waals surface area contributed by atoms with Crippen molar-refractivity contribution in [3.05, 3.63) is 65.7 Å². The van der Waals surface area contributed by atoms with E-state index in [1.54, 1.807) is 0 Å². The number of benzene rings is 2. The van der Waals surface area contributed by atoms with Gasteiger partial charge in [0.15, 0.2) is 0 Å². The van der Waals surface area contributed by atoms with Crippen LogP contribution < -0.4 is 10.2 Å². The molecule has 0 radical (unpaired) electrons. The van der Waals surface area contributed by atoms with E-state index in [4.69, 9.17) is 0 Å². The molecule has 2 aromatic rings. The SMILES string of the molecule is C[C@H](NC(=O)CN1c2ccccc2CC[C@H]1C)c1ccccc1. The first-order valence-corrected chi connectivity index (χ1v) is 8.34. The minimum atomic E-state index is 0.0269. The van der Waals surface area contributed by atoms with Crippen LogP contribution in [0.3, 0.4) is 0 Å². The summed E-state index contributed by atoms with van der Waals surface area (Å²) in [6.07, 6.45) is 2.19. The molecule has 2 aromatic carbocycles. The number of rotatable bonds is 4. The third-order valence-corrected chi connectivity index (χ3v) is 4.66. The number of hydrogen-bond acceptors (Lipinski definition) is 2. The largest absolute Gasteiger partial charge is 0.359 e. The van der Waals surface area contributed by atoms with Crippen LogP contribution in [0.2, 0.25) is 0 Å². The van der Waals surface area contributed by atoms with Gasteiger partial charge in [0.05, 0.1) is 12.6 Å². The van der Waals surface area contributed by atoms with E-state index in [1.165, 1.54) is 11.3 Å². The highest BCUT2D eigenvalue weighted by Crippen LogP contribution is 2.30. The first-order valence-electron chi connectivity index (χ1n) is 8.34. The maximum absolute atomic E-state index is 12.5. The van der Waals surface area contributed by atoms with E-state index in [0.29, 0.717) is 12.6 Å². The lowest BCUT2D eigenvalue weighted by Crippen LogP contribution is -2.44. The van der Waals surface area contributed by atoms with Crippen LogP contribution in [0.4, 0.5) is 5.69 Å². The van der Waals surface area contributed by atoms with Crippen LogP contribution in [0, 0.1) is 0 Å². The molecule has 2 atom stereocenters. The Kier molecular flexibility index (Phi) is 4.65. The fourth-order valence-corrected chi connectivity index (χ4v) is 3.27. The minimum Gasteiger partial charge on any atom is -0.359 e. The van der Waals surface area contributed by atoms with Crippen LogP contribution >= 0.6 is 0 Å². The average molecular weight is 308 g/mol. The highest BCUT2D eigenvalue weighted by molar-refractivity contribution is 5.82. The fourth-order valence-electron chi connectivity index (χ4n) is 3.27. The number of fused-ring (bicyclic) bond motifs is 1. The zero-order valence-corrected chi connectivity index (χ0v) is 13.8. The van der Waals surface area contributed by atoms with Gasteiger partial charge in [-0.2, -0.15) is 0 Å². The van der Waals surface area contributed by atoms with Crippen molar-refractivity contribution in [3.63, 3.8) is 0 Å². The zero-order valence-electron chi connectivity index (χ0n) is 13.8. The van der Waals surface area contributed by atoms with Crippen molar-refractivity contribution in [1.29, 1.82) is 0 Å². The van der Waals surface area contributed by atoms with Crippen molar-refractivity contribution in [2.24, 2.45) is 0 Å². The lowest BCUT2D eigenvalue weighted by molar-refractivity contribution is -0.120. The normalized spacial score (nSPS) is 18.2. The molecular weight excluding hydrogens is 284 g/mol. The van der Waals surface area contributed by atoms with Crippen LogP contribution in [-0.4, -0.2) is 18.5 Å². The van der Waals surface area contributed by atoms with Gasteiger partial charge in [0, 0.05) is 11.7 Å². The summed E-state index contributed by atoms with van der Waals surface area (Å²) in [6.45, 7) is 4.64. The lowest BCUT2D eigenvalue weighted by atomic mass is 9.96. The Morgan fingerprint density at radius 1 is 1.17 bits per heavy atom. The van der Waals surface area contributed by atoms with Gasteiger partial charge in [-0.25, -0.2) is 0 Å². The van der Waals surface area contributed by atoms with Crippen molar-refractivity contribution in [3.8, 4) is 0 Å². The number of aryl methyl sites for hydroxylation is 1. The first-order chi connectivity index (χ1) is 11.1. The summed E-state index contributed by atoms with van der Waals surface area (Å²) in [5.74, 6) is 0.0740. The van der Waals surface area contributed by atoms with Gasteiger partial charge in [0.2, 0.25) is 5.91 Å². The Balaban J connectivity index is 1.68. The molecule has 1 aliphatic rings. The number of nitrogens with zero attached hydrogens (tertiary/aromatic N) is 1. The van der Waals surface area contributed by atoms with Gasteiger partial charge in [-0.3, -0.25) is 4.79 Å². The van der Waals surface area contributed by atoms with Crippen molar-refractivity contribution in [2.45, 2.75) is 38.8 Å². The number of hydrogen-bond donors (Lipinski definition) is 1. The predicted molar refractivity (Wildman–Crippen MR) is 94.6 cm³/mol. The summed E-state index contributed by atoms with van der Waals surface area (Å²) in [5.41, 5.74) is 3.68. The standard InChI is InChI=1S/C20H24N2O/c1-15-12-13-18-10-6-7-11-19(18)22(15)14-20(23)21-16(2)17-8-4-3-5-9-17/h3-11,15-16H,12-14H2,1-2H3,(H,21,23)/t15-,16+/m1/s1. The molecule has 0 saturated heterocycles. The average Bonchev–Trinajstić information content (AvgIpc) is 2.58. The molecule has 0 spiro atoms. The highest BCUT2D eigenvalue weighted by atomic mass is 16.2. The summed E-state index contributed by atoms with van der Waals surface area (Å²) in [4.78, 5) is 14.7. The smallest absolute Gasteiger partial charge is 0.240 e. The topological polar surface area (TPSA) is 32.3 Å². The molecule has 0 aromatic heterocycles. The van der Waals surface area contributed by atoms with Crippen LogP contribution in [-0.2, 0) is 11.2 Å². The number of para-hydroxylation sites is 1. The molecule has 0 aliphatic carbocycles. The maximum Gasteiger partial charge on any atom is 0.240 e. The van der Waals surface area contributed by atoms with Gasteiger partial charge in [-0.1, -0.05) is 48.5 Å². The Hall–Kier alpha value is -2.29. The Morgan fingerprint density at radius 3 is 2.65 bits per heavy atom. The van der Waals surface area contributed by atoms with Crippen molar-refractivity contribution in [2.75, 3.05) is 11.4 Å². The van der Waals surface area contributed by atoms with E-state index in [-0.39, 0.29) is 11.9 Å². The Labute approximate surface area is 138 Å². The molecule has 0 fully saturated rings. The Morgan fingerprint density at radius 2 is 1.87 bits per heavy atom. The number of carbonyl (C=O) groups excluding carboxylic acids is 1. The molecule has 3 rings (SSSR count). The van der Waals surface area contributed by atoms with Crippen LogP contribution in [0.1, 0.15) is 37.4 Å². The maximum atomic E-state index is 12.5. The molecule has 1 aliphatic heterocycles. The molecule has 1 N–H and O–H groups in total. The van der Waals surface area contributed by atoms with Gasteiger partial charge in [-0.15, -0.1) is 0 Å². The summed E-state index contributed by atoms with van der Waals surface area (Å²) in [6, 6.07) is 18.9. The van der Waals surface area contributed by atoms with Gasteiger partial charge in [0.25, 0.3) is 0 Å². The molecule has 0 bridgehead atoms. The van der Waals surface area contributed by atoms with E-state index in [2.05, 4.69) is 35.3 Å². The first kappa shape index (κ1) is 15.6. The van der Waals surface area contributed by atoms with Gasteiger partial charge in [-0.05, 0) is 43.9 Å². The second-order valence-corrected chi connectivity index (χ2v) is 6.34. The second-order valence-electron chi connectivity index (χ2n) is 6.34. The molecular formula is C20H24N2O.